The smallest absolute Gasteiger partial charge is 0.231 e. The minimum atomic E-state index is -0.0210. The van der Waals surface area contributed by atoms with Gasteiger partial charge in [0.05, 0.1) is 7.11 Å². The Morgan fingerprint density at radius 3 is 2.70 bits per heavy atom. The van der Waals surface area contributed by atoms with Crippen LogP contribution in [0.1, 0.15) is 24.4 Å². The van der Waals surface area contributed by atoms with Gasteiger partial charge in [0.2, 0.25) is 12.5 Å². The third-order valence-electron chi connectivity index (χ3n) is 3.84. The fourth-order valence-corrected chi connectivity index (χ4v) is 2.69. The molecule has 1 atom stereocenters. The standard InChI is InChI=1S/C14H19NO4.ClH/c1-16-11-6-10(7-12-14(11)19-8-18-12)13(15)9-2-4-17-5-3-9;/h6-7,9,13H,2-5,8,15H2,1H3;1H/t13-;/m1./s1. The number of ether oxygens (including phenoxy) is 4. The average molecular weight is 302 g/mol. The van der Waals surface area contributed by atoms with Crippen LogP contribution in [-0.2, 0) is 4.74 Å². The Kier molecular flexibility index (Phi) is 4.96. The number of fused-ring (bicyclic) bond motifs is 1. The molecule has 2 aliphatic rings. The maximum absolute atomic E-state index is 6.38. The average Bonchev–Trinajstić information content (AvgIpc) is 2.94. The van der Waals surface area contributed by atoms with E-state index in [2.05, 4.69) is 0 Å². The second-order valence-electron chi connectivity index (χ2n) is 4.93. The third-order valence-corrected chi connectivity index (χ3v) is 3.84. The second-order valence-corrected chi connectivity index (χ2v) is 4.93. The second kappa shape index (κ2) is 6.52. The van der Waals surface area contributed by atoms with Crippen LogP contribution in [0.3, 0.4) is 0 Å². The number of hydrogen-bond acceptors (Lipinski definition) is 5. The molecule has 2 N–H and O–H groups in total. The van der Waals surface area contributed by atoms with Crippen molar-refractivity contribution in [1.82, 2.24) is 0 Å². The van der Waals surface area contributed by atoms with Crippen LogP contribution in [0.15, 0.2) is 12.1 Å². The Morgan fingerprint density at radius 1 is 1.25 bits per heavy atom. The van der Waals surface area contributed by atoms with Crippen molar-refractivity contribution in [3.05, 3.63) is 17.7 Å². The third kappa shape index (κ3) is 2.80. The molecule has 2 heterocycles. The van der Waals surface area contributed by atoms with Gasteiger partial charge in [-0.1, -0.05) is 0 Å². The quantitative estimate of drug-likeness (QED) is 0.928. The lowest BCUT2D eigenvalue weighted by Gasteiger charge is -2.28. The van der Waals surface area contributed by atoms with E-state index in [-0.39, 0.29) is 25.2 Å². The summed E-state index contributed by atoms with van der Waals surface area (Å²) in [5, 5.41) is 0. The van der Waals surface area contributed by atoms with Gasteiger partial charge in [0.25, 0.3) is 0 Å². The van der Waals surface area contributed by atoms with E-state index in [0.717, 1.165) is 37.4 Å². The van der Waals surface area contributed by atoms with Gasteiger partial charge < -0.3 is 24.7 Å². The van der Waals surface area contributed by atoms with Gasteiger partial charge in [0.15, 0.2) is 11.5 Å². The van der Waals surface area contributed by atoms with Gasteiger partial charge >= 0.3 is 0 Å². The first-order chi connectivity index (χ1) is 9.29. The normalized spacial score (nSPS) is 19.3. The van der Waals surface area contributed by atoms with Crippen LogP contribution in [0.2, 0.25) is 0 Å². The topological polar surface area (TPSA) is 62.9 Å². The summed E-state index contributed by atoms with van der Waals surface area (Å²) in [5.74, 6) is 2.52. The summed E-state index contributed by atoms with van der Waals surface area (Å²) in [6, 6.07) is 3.89. The van der Waals surface area contributed by atoms with Gasteiger partial charge in [0, 0.05) is 19.3 Å². The van der Waals surface area contributed by atoms with Crippen LogP contribution in [-0.4, -0.2) is 27.1 Å². The molecule has 0 amide bonds. The molecule has 6 heteroatoms. The molecule has 0 spiro atoms. The van der Waals surface area contributed by atoms with E-state index in [1.54, 1.807) is 7.11 Å². The Bertz CT molecular complexity index is 463. The van der Waals surface area contributed by atoms with Gasteiger partial charge in [-0.2, -0.15) is 0 Å². The molecule has 0 aliphatic carbocycles. The van der Waals surface area contributed by atoms with E-state index in [4.69, 9.17) is 24.7 Å². The van der Waals surface area contributed by atoms with E-state index in [0.29, 0.717) is 17.4 Å². The van der Waals surface area contributed by atoms with E-state index in [9.17, 15) is 0 Å². The molecule has 5 nitrogen and oxygen atoms in total. The van der Waals surface area contributed by atoms with Crippen LogP contribution >= 0.6 is 12.4 Å². The molecular weight excluding hydrogens is 282 g/mol. The number of nitrogens with two attached hydrogens (primary N) is 1. The van der Waals surface area contributed by atoms with Gasteiger partial charge in [-0.15, -0.1) is 12.4 Å². The Morgan fingerprint density at radius 2 is 2.00 bits per heavy atom. The molecule has 2 aliphatic heterocycles. The van der Waals surface area contributed by atoms with Crippen molar-refractivity contribution in [2.45, 2.75) is 18.9 Å². The van der Waals surface area contributed by atoms with Crippen molar-refractivity contribution >= 4 is 12.4 Å². The molecule has 1 aromatic carbocycles. The van der Waals surface area contributed by atoms with Crippen molar-refractivity contribution in [1.29, 1.82) is 0 Å². The van der Waals surface area contributed by atoms with Crippen molar-refractivity contribution in [2.24, 2.45) is 11.7 Å². The summed E-state index contributed by atoms with van der Waals surface area (Å²) < 4.78 is 21.6. The van der Waals surface area contributed by atoms with E-state index >= 15 is 0 Å². The Hall–Kier alpha value is -1.17. The van der Waals surface area contributed by atoms with Crippen LogP contribution < -0.4 is 19.9 Å². The molecule has 0 radical (unpaired) electrons. The predicted molar refractivity (Wildman–Crippen MR) is 76.8 cm³/mol. The molecule has 1 fully saturated rings. The lowest BCUT2D eigenvalue weighted by atomic mass is 9.87. The minimum Gasteiger partial charge on any atom is -0.493 e. The molecule has 112 valence electrons. The van der Waals surface area contributed by atoms with Crippen LogP contribution in [0.5, 0.6) is 17.2 Å². The van der Waals surface area contributed by atoms with Crippen molar-refractivity contribution < 1.29 is 18.9 Å². The Labute approximate surface area is 124 Å². The molecule has 1 saturated heterocycles. The number of rotatable bonds is 3. The summed E-state index contributed by atoms with van der Waals surface area (Å²) >= 11 is 0. The monoisotopic (exact) mass is 301 g/mol. The van der Waals surface area contributed by atoms with Gasteiger partial charge in [0.1, 0.15) is 0 Å². The summed E-state index contributed by atoms with van der Waals surface area (Å²) in [5.41, 5.74) is 7.42. The molecule has 3 rings (SSSR count). The van der Waals surface area contributed by atoms with Gasteiger partial charge in [-0.3, -0.25) is 0 Å². The zero-order valence-corrected chi connectivity index (χ0v) is 12.3. The first-order valence-corrected chi connectivity index (χ1v) is 6.60. The van der Waals surface area contributed by atoms with Crippen LogP contribution in [0.4, 0.5) is 0 Å². The minimum absolute atomic E-state index is 0. The maximum atomic E-state index is 6.38. The first kappa shape index (κ1) is 15.2. The SMILES string of the molecule is COc1cc([C@H](N)C2CCOCC2)cc2c1OCO2.Cl. The van der Waals surface area contributed by atoms with Crippen molar-refractivity contribution in [2.75, 3.05) is 27.1 Å². The van der Waals surface area contributed by atoms with E-state index in [1.165, 1.54) is 0 Å². The molecule has 0 bridgehead atoms. The van der Waals surface area contributed by atoms with Gasteiger partial charge in [-0.05, 0) is 36.5 Å². The van der Waals surface area contributed by atoms with Crippen LogP contribution in [0, 0.1) is 5.92 Å². The highest BCUT2D eigenvalue weighted by atomic mass is 35.5. The molecule has 0 unspecified atom stereocenters. The summed E-state index contributed by atoms with van der Waals surface area (Å²) in [7, 11) is 1.63. The fourth-order valence-electron chi connectivity index (χ4n) is 2.69. The number of benzene rings is 1. The zero-order valence-electron chi connectivity index (χ0n) is 11.5. The highest BCUT2D eigenvalue weighted by Crippen LogP contribution is 2.44. The largest absolute Gasteiger partial charge is 0.493 e. The number of hydrogen-bond donors (Lipinski definition) is 1. The van der Waals surface area contributed by atoms with Gasteiger partial charge in [-0.25, -0.2) is 0 Å². The summed E-state index contributed by atoms with van der Waals surface area (Å²) in [4.78, 5) is 0. The van der Waals surface area contributed by atoms with Crippen molar-refractivity contribution in [3.63, 3.8) is 0 Å². The molecule has 0 saturated carbocycles. The molecular formula is C14H20ClNO4. The number of halogens is 1. The van der Waals surface area contributed by atoms with Crippen molar-refractivity contribution in [3.8, 4) is 17.2 Å². The maximum Gasteiger partial charge on any atom is 0.231 e. The predicted octanol–water partition coefficient (Wildman–Crippen LogP) is 2.27. The molecule has 20 heavy (non-hydrogen) atoms. The zero-order chi connectivity index (χ0) is 13.2. The highest BCUT2D eigenvalue weighted by molar-refractivity contribution is 5.85. The van der Waals surface area contributed by atoms with E-state index < -0.39 is 0 Å². The lowest BCUT2D eigenvalue weighted by molar-refractivity contribution is 0.0583. The molecule has 0 aromatic heterocycles. The number of methoxy groups -OCH3 is 1. The summed E-state index contributed by atoms with van der Waals surface area (Å²) in [6.07, 6.45) is 2.00. The fraction of sp³-hybridized carbons (Fsp3) is 0.571. The first-order valence-electron chi connectivity index (χ1n) is 6.60. The van der Waals surface area contributed by atoms with Crippen LogP contribution in [0.25, 0.3) is 0 Å². The summed E-state index contributed by atoms with van der Waals surface area (Å²) in [6.45, 7) is 1.82. The molecule has 1 aromatic rings. The highest BCUT2D eigenvalue weighted by Gasteiger charge is 2.26. The Balaban J connectivity index is 0.00000147. The lowest BCUT2D eigenvalue weighted by Crippen LogP contribution is -2.27. The van der Waals surface area contributed by atoms with E-state index in [1.807, 2.05) is 12.1 Å².